The van der Waals surface area contributed by atoms with E-state index in [2.05, 4.69) is 15.0 Å². The van der Waals surface area contributed by atoms with Crippen LogP contribution < -0.4 is 14.8 Å². The summed E-state index contributed by atoms with van der Waals surface area (Å²) in [5.74, 6) is 0.298. The molecule has 2 aromatic rings. The summed E-state index contributed by atoms with van der Waals surface area (Å²) in [4.78, 5) is 16.8. The molecule has 8 heteroatoms. The number of amides is 1. The van der Waals surface area contributed by atoms with Gasteiger partial charge in [0.15, 0.2) is 0 Å². The molecule has 1 aromatic carbocycles. The second-order valence-electron chi connectivity index (χ2n) is 8.59. The number of carbonyl (C=O) groups excluding carboxylic acids is 1. The van der Waals surface area contributed by atoms with E-state index in [1.54, 1.807) is 27.0 Å². The van der Waals surface area contributed by atoms with E-state index in [1.165, 1.54) is 37.1 Å². The number of aromatic nitrogens is 1. The van der Waals surface area contributed by atoms with Crippen molar-refractivity contribution in [2.24, 2.45) is 0 Å². The van der Waals surface area contributed by atoms with Crippen LogP contribution in [0, 0.1) is 0 Å². The second kappa shape index (κ2) is 9.14. The Bertz CT molecular complexity index is 976. The first-order valence-corrected chi connectivity index (χ1v) is 11.6. The zero-order valence-corrected chi connectivity index (χ0v) is 18.5. The molecule has 0 saturated heterocycles. The summed E-state index contributed by atoms with van der Waals surface area (Å²) in [5, 5.41) is 2.85. The van der Waals surface area contributed by atoms with Gasteiger partial charge in [0.1, 0.15) is 6.10 Å². The van der Waals surface area contributed by atoms with Crippen LogP contribution in [0.1, 0.15) is 62.4 Å². The highest BCUT2D eigenvalue weighted by Gasteiger charge is 2.22. The summed E-state index contributed by atoms with van der Waals surface area (Å²) >= 11 is 0. The minimum atomic E-state index is -3.63. The molecular weight excluding hydrogens is 402 g/mol. The van der Waals surface area contributed by atoms with Gasteiger partial charge in [-0.25, -0.2) is 18.1 Å². The van der Waals surface area contributed by atoms with Crippen molar-refractivity contribution in [2.45, 2.75) is 69.5 Å². The van der Waals surface area contributed by atoms with Crippen molar-refractivity contribution in [3.8, 4) is 5.88 Å². The fraction of sp³-hybridized carbons (Fsp3) is 0.455. The van der Waals surface area contributed by atoms with E-state index in [0.717, 1.165) is 18.4 Å². The SMILES string of the molecule is CC(C)(C)NS(=O)(=O)c1ccc(C(=O)NCc2ccnc(OC3CCCC3)c2)cc1. The third-order valence-electron chi connectivity index (χ3n) is 4.71. The van der Waals surface area contributed by atoms with Crippen molar-refractivity contribution in [3.63, 3.8) is 0 Å². The highest BCUT2D eigenvalue weighted by atomic mass is 32.2. The fourth-order valence-electron chi connectivity index (χ4n) is 3.33. The van der Waals surface area contributed by atoms with E-state index in [1.807, 2.05) is 12.1 Å². The summed E-state index contributed by atoms with van der Waals surface area (Å²) in [6, 6.07) is 9.55. The Balaban J connectivity index is 1.58. The molecule has 1 aliphatic carbocycles. The minimum absolute atomic E-state index is 0.122. The molecule has 1 aromatic heterocycles. The molecule has 0 aliphatic heterocycles. The van der Waals surface area contributed by atoms with Gasteiger partial charge in [0.2, 0.25) is 15.9 Å². The quantitative estimate of drug-likeness (QED) is 0.700. The summed E-state index contributed by atoms with van der Waals surface area (Å²) in [5.41, 5.74) is 0.695. The first kappa shape index (κ1) is 22.2. The molecule has 3 rings (SSSR count). The highest BCUT2D eigenvalue weighted by Crippen LogP contribution is 2.23. The van der Waals surface area contributed by atoms with Crippen molar-refractivity contribution in [1.29, 1.82) is 0 Å². The zero-order valence-electron chi connectivity index (χ0n) is 17.6. The van der Waals surface area contributed by atoms with Crippen LogP contribution in [0.2, 0.25) is 0 Å². The van der Waals surface area contributed by atoms with Crippen LogP contribution in [-0.2, 0) is 16.6 Å². The number of nitrogens with one attached hydrogen (secondary N) is 2. The largest absolute Gasteiger partial charge is 0.474 e. The third-order valence-corrected chi connectivity index (χ3v) is 6.48. The van der Waals surface area contributed by atoms with Crippen LogP contribution in [0.4, 0.5) is 0 Å². The zero-order chi connectivity index (χ0) is 21.8. The second-order valence-corrected chi connectivity index (χ2v) is 10.3. The van der Waals surface area contributed by atoms with Gasteiger partial charge in [-0.05, 0) is 82.3 Å². The average Bonchev–Trinajstić information content (AvgIpc) is 3.18. The number of pyridine rings is 1. The molecule has 0 atom stereocenters. The lowest BCUT2D eigenvalue weighted by molar-refractivity contribution is 0.0950. The fourth-order valence-corrected chi connectivity index (χ4v) is 4.75. The van der Waals surface area contributed by atoms with Gasteiger partial charge < -0.3 is 10.1 Å². The Labute approximate surface area is 178 Å². The van der Waals surface area contributed by atoms with Crippen LogP contribution in [0.25, 0.3) is 0 Å². The maximum atomic E-state index is 12.4. The van der Waals surface area contributed by atoms with Crippen LogP contribution in [0.15, 0.2) is 47.5 Å². The molecule has 30 heavy (non-hydrogen) atoms. The number of hydrogen-bond acceptors (Lipinski definition) is 5. The van der Waals surface area contributed by atoms with Crippen molar-refractivity contribution >= 4 is 15.9 Å². The minimum Gasteiger partial charge on any atom is -0.474 e. The Morgan fingerprint density at radius 2 is 1.80 bits per heavy atom. The lowest BCUT2D eigenvalue weighted by Gasteiger charge is -2.20. The smallest absolute Gasteiger partial charge is 0.251 e. The third kappa shape index (κ3) is 6.27. The van der Waals surface area contributed by atoms with E-state index in [9.17, 15) is 13.2 Å². The van der Waals surface area contributed by atoms with E-state index in [-0.39, 0.29) is 16.9 Å². The molecule has 0 radical (unpaired) electrons. The van der Waals surface area contributed by atoms with Gasteiger partial charge in [-0.3, -0.25) is 4.79 Å². The first-order valence-electron chi connectivity index (χ1n) is 10.2. The summed E-state index contributed by atoms with van der Waals surface area (Å²) < 4.78 is 33.2. The van der Waals surface area contributed by atoms with Crippen molar-refractivity contribution in [3.05, 3.63) is 53.7 Å². The first-order chi connectivity index (χ1) is 14.1. The van der Waals surface area contributed by atoms with Crippen LogP contribution in [0.5, 0.6) is 5.88 Å². The monoisotopic (exact) mass is 431 g/mol. The lowest BCUT2D eigenvalue weighted by atomic mass is 10.1. The number of ether oxygens (including phenoxy) is 1. The molecule has 162 valence electrons. The molecule has 7 nitrogen and oxygen atoms in total. The Morgan fingerprint density at radius 3 is 2.43 bits per heavy atom. The Morgan fingerprint density at radius 1 is 1.13 bits per heavy atom. The summed E-state index contributed by atoms with van der Waals surface area (Å²) in [6.07, 6.45) is 6.39. The van der Waals surface area contributed by atoms with Crippen molar-refractivity contribution in [2.75, 3.05) is 0 Å². The van der Waals surface area contributed by atoms with Gasteiger partial charge in [-0.1, -0.05) is 0 Å². The van der Waals surface area contributed by atoms with Crippen LogP contribution >= 0.6 is 0 Å². The van der Waals surface area contributed by atoms with Gasteiger partial charge in [0, 0.05) is 29.9 Å². The number of sulfonamides is 1. The lowest BCUT2D eigenvalue weighted by Crippen LogP contribution is -2.40. The number of rotatable bonds is 7. The van der Waals surface area contributed by atoms with E-state index >= 15 is 0 Å². The van der Waals surface area contributed by atoms with E-state index in [0.29, 0.717) is 18.0 Å². The molecule has 1 aliphatic rings. The number of nitrogens with zero attached hydrogens (tertiary/aromatic N) is 1. The molecule has 1 heterocycles. The van der Waals surface area contributed by atoms with Gasteiger partial charge >= 0.3 is 0 Å². The van der Waals surface area contributed by atoms with Gasteiger partial charge in [0.25, 0.3) is 5.91 Å². The normalized spacial score (nSPS) is 15.2. The summed E-state index contributed by atoms with van der Waals surface area (Å²) in [6.45, 7) is 5.65. The van der Waals surface area contributed by atoms with E-state index < -0.39 is 15.6 Å². The predicted octanol–water partition coefficient (Wildman–Crippen LogP) is 3.41. The maximum Gasteiger partial charge on any atom is 0.251 e. The highest BCUT2D eigenvalue weighted by molar-refractivity contribution is 7.89. The topological polar surface area (TPSA) is 97.4 Å². The molecule has 0 unspecified atom stereocenters. The van der Waals surface area contributed by atoms with E-state index in [4.69, 9.17) is 4.74 Å². The molecule has 0 bridgehead atoms. The standard InChI is InChI=1S/C22H29N3O4S/c1-22(2,3)25-30(27,28)19-10-8-17(9-11-19)21(26)24-15-16-12-13-23-20(14-16)29-18-6-4-5-7-18/h8-14,18,25H,4-7,15H2,1-3H3,(H,24,26). The molecule has 1 fully saturated rings. The Hall–Kier alpha value is -2.45. The maximum absolute atomic E-state index is 12.4. The molecule has 1 saturated carbocycles. The summed E-state index contributed by atoms with van der Waals surface area (Å²) in [7, 11) is -3.63. The van der Waals surface area contributed by atoms with Gasteiger partial charge in [-0.15, -0.1) is 0 Å². The molecule has 1 amide bonds. The van der Waals surface area contributed by atoms with Gasteiger partial charge in [-0.2, -0.15) is 0 Å². The average molecular weight is 432 g/mol. The molecule has 2 N–H and O–H groups in total. The number of hydrogen-bond donors (Lipinski definition) is 2. The van der Waals surface area contributed by atoms with Crippen molar-refractivity contribution in [1.82, 2.24) is 15.0 Å². The van der Waals surface area contributed by atoms with Crippen LogP contribution in [0.3, 0.4) is 0 Å². The predicted molar refractivity (Wildman–Crippen MR) is 115 cm³/mol. The van der Waals surface area contributed by atoms with Gasteiger partial charge in [0.05, 0.1) is 4.90 Å². The van der Waals surface area contributed by atoms with Crippen LogP contribution in [-0.4, -0.2) is 31.0 Å². The Kier molecular flexibility index (Phi) is 6.77. The number of carbonyl (C=O) groups is 1. The number of benzene rings is 1. The molecular formula is C22H29N3O4S. The van der Waals surface area contributed by atoms with Crippen molar-refractivity contribution < 1.29 is 17.9 Å². The molecule has 0 spiro atoms.